The van der Waals surface area contributed by atoms with Crippen LogP contribution in [0.5, 0.6) is 5.75 Å². The Morgan fingerprint density at radius 3 is 2.00 bits per heavy atom. The van der Waals surface area contributed by atoms with E-state index in [0.29, 0.717) is 11.3 Å². The van der Waals surface area contributed by atoms with Crippen molar-refractivity contribution in [1.29, 1.82) is 0 Å². The third-order valence-electron chi connectivity index (χ3n) is 3.72. The van der Waals surface area contributed by atoms with Crippen molar-refractivity contribution in [3.63, 3.8) is 0 Å². The fourth-order valence-corrected chi connectivity index (χ4v) is 2.48. The lowest BCUT2D eigenvalue weighted by atomic mass is 10.0. The Labute approximate surface area is 157 Å². The van der Waals surface area contributed by atoms with Crippen LogP contribution in [-0.2, 0) is 4.79 Å². The maximum absolute atomic E-state index is 10.7. The number of rotatable bonds is 7. The van der Waals surface area contributed by atoms with Crippen LogP contribution in [0.3, 0.4) is 0 Å². The van der Waals surface area contributed by atoms with E-state index >= 15 is 0 Å². The van der Waals surface area contributed by atoms with Gasteiger partial charge < -0.3 is 9.84 Å². The number of hydrogen-bond acceptors (Lipinski definition) is 4. The summed E-state index contributed by atoms with van der Waals surface area (Å²) in [6.07, 6.45) is 1.56. The van der Waals surface area contributed by atoms with Crippen molar-refractivity contribution in [3.05, 3.63) is 102 Å². The molecule has 0 saturated carbocycles. The van der Waals surface area contributed by atoms with Gasteiger partial charge in [0.05, 0.1) is 6.21 Å². The predicted molar refractivity (Wildman–Crippen MR) is 106 cm³/mol. The first-order valence-corrected chi connectivity index (χ1v) is 8.39. The summed E-state index contributed by atoms with van der Waals surface area (Å²) in [6.45, 7) is -0.409. The zero-order valence-corrected chi connectivity index (χ0v) is 14.5. The van der Waals surface area contributed by atoms with Gasteiger partial charge in [0.15, 0.2) is 6.61 Å². The average Bonchev–Trinajstić information content (AvgIpc) is 2.71. The van der Waals surface area contributed by atoms with Gasteiger partial charge in [0.1, 0.15) is 11.5 Å². The second kappa shape index (κ2) is 9.10. The highest BCUT2D eigenvalue weighted by Crippen LogP contribution is 2.16. The van der Waals surface area contributed by atoms with Gasteiger partial charge in [-0.3, -0.25) is 0 Å². The van der Waals surface area contributed by atoms with Crippen LogP contribution in [0.25, 0.3) is 0 Å². The van der Waals surface area contributed by atoms with Gasteiger partial charge in [-0.25, -0.2) is 4.79 Å². The Morgan fingerprint density at radius 1 is 0.852 bits per heavy atom. The molecule has 0 atom stereocenters. The van der Waals surface area contributed by atoms with Gasteiger partial charge in [0, 0.05) is 16.7 Å². The zero-order valence-electron chi connectivity index (χ0n) is 14.5. The third-order valence-corrected chi connectivity index (χ3v) is 3.72. The molecule has 0 aromatic heterocycles. The molecule has 0 saturated heterocycles. The summed E-state index contributed by atoms with van der Waals surface area (Å²) in [5.41, 5.74) is 3.31. The monoisotopic (exact) mass is 358 g/mol. The third kappa shape index (κ3) is 5.12. The number of carboxylic acid groups (broad SMARTS) is 1. The summed E-state index contributed by atoms with van der Waals surface area (Å²) in [4.78, 5) is 10.7. The second-order valence-electron chi connectivity index (χ2n) is 5.65. The summed E-state index contributed by atoms with van der Waals surface area (Å²) in [5.74, 6) is -0.588. The van der Waals surface area contributed by atoms with Gasteiger partial charge in [0.25, 0.3) is 0 Å². The maximum atomic E-state index is 10.7. The van der Waals surface area contributed by atoms with Crippen LogP contribution < -0.4 is 4.74 Å². The van der Waals surface area contributed by atoms with E-state index in [9.17, 15) is 4.79 Å². The number of hydrogen-bond donors (Lipinski definition) is 1. The molecule has 0 heterocycles. The zero-order chi connectivity index (χ0) is 18.9. The SMILES string of the molecule is O=C(O)COc1ccccc1C=NN=C(c1ccccc1)c1ccccc1. The van der Waals surface area contributed by atoms with Crippen molar-refractivity contribution in [2.24, 2.45) is 10.2 Å². The average molecular weight is 358 g/mol. The summed E-state index contributed by atoms with van der Waals surface area (Å²) in [6, 6.07) is 26.7. The highest BCUT2D eigenvalue weighted by Gasteiger charge is 2.06. The highest BCUT2D eigenvalue weighted by molar-refractivity contribution is 6.13. The van der Waals surface area contributed by atoms with Crippen LogP contribution >= 0.6 is 0 Å². The Morgan fingerprint density at radius 2 is 1.41 bits per heavy atom. The normalized spacial score (nSPS) is 10.5. The fraction of sp³-hybridized carbons (Fsp3) is 0.0455. The van der Waals surface area contributed by atoms with Crippen molar-refractivity contribution < 1.29 is 14.6 Å². The molecule has 5 nitrogen and oxygen atoms in total. The van der Waals surface area contributed by atoms with Gasteiger partial charge in [-0.1, -0.05) is 72.8 Å². The first kappa shape index (κ1) is 18.1. The molecule has 0 aliphatic rings. The number of carboxylic acids is 1. The first-order chi connectivity index (χ1) is 13.2. The van der Waals surface area contributed by atoms with Crippen LogP contribution in [0.1, 0.15) is 16.7 Å². The van der Waals surface area contributed by atoms with E-state index in [0.717, 1.165) is 16.8 Å². The van der Waals surface area contributed by atoms with Gasteiger partial charge in [-0.2, -0.15) is 5.10 Å². The maximum Gasteiger partial charge on any atom is 0.341 e. The number of nitrogens with zero attached hydrogens (tertiary/aromatic N) is 2. The molecule has 0 spiro atoms. The number of aliphatic carboxylic acids is 1. The van der Waals surface area contributed by atoms with Gasteiger partial charge in [-0.15, -0.1) is 5.10 Å². The van der Waals surface area contributed by atoms with Gasteiger partial charge in [-0.05, 0) is 12.1 Å². The molecule has 134 valence electrons. The van der Waals surface area contributed by atoms with E-state index in [1.54, 1.807) is 24.4 Å². The molecule has 3 rings (SSSR count). The predicted octanol–water partition coefficient (Wildman–Crippen LogP) is 4.02. The molecule has 0 aliphatic carbocycles. The number of ether oxygens (including phenoxy) is 1. The van der Waals surface area contributed by atoms with Crippen LogP contribution in [0, 0.1) is 0 Å². The topological polar surface area (TPSA) is 71.2 Å². The lowest BCUT2D eigenvalue weighted by Crippen LogP contribution is -2.10. The molecule has 0 bridgehead atoms. The molecule has 27 heavy (non-hydrogen) atoms. The minimum atomic E-state index is -1.03. The molecule has 5 heteroatoms. The van der Waals surface area contributed by atoms with Crippen LogP contribution in [0.2, 0.25) is 0 Å². The Balaban J connectivity index is 1.90. The summed E-state index contributed by atoms with van der Waals surface area (Å²) in [7, 11) is 0. The largest absolute Gasteiger partial charge is 0.481 e. The van der Waals surface area contributed by atoms with E-state index in [2.05, 4.69) is 10.2 Å². The molecule has 3 aromatic rings. The smallest absolute Gasteiger partial charge is 0.341 e. The van der Waals surface area contributed by atoms with E-state index in [4.69, 9.17) is 9.84 Å². The molecular formula is C22H18N2O3. The molecule has 0 aliphatic heterocycles. The minimum absolute atomic E-state index is 0.409. The lowest BCUT2D eigenvalue weighted by Gasteiger charge is -2.06. The molecule has 0 radical (unpaired) electrons. The second-order valence-corrected chi connectivity index (χ2v) is 5.65. The van der Waals surface area contributed by atoms with E-state index in [-0.39, 0.29) is 0 Å². The highest BCUT2D eigenvalue weighted by atomic mass is 16.5. The summed E-state index contributed by atoms with van der Waals surface area (Å²) < 4.78 is 5.29. The minimum Gasteiger partial charge on any atom is -0.481 e. The van der Waals surface area contributed by atoms with Crippen LogP contribution in [0.15, 0.2) is 95.1 Å². The molecule has 0 unspecified atom stereocenters. The molecule has 0 amide bonds. The Hall–Kier alpha value is -3.73. The van der Waals surface area contributed by atoms with Crippen molar-refractivity contribution in [2.75, 3.05) is 6.61 Å². The van der Waals surface area contributed by atoms with Gasteiger partial charge in [0.2, 0.25) is 0 Å². The van der Waals surface area contributed by atoms with Crippen molar-refractivity contribution in [2.45, 2.75) is 0 Å². The molecular weight excluding hydrogens is 340 g/mol. The Kier molecular flexibility index (Phi) is 6.09. The summed E-state index contributed by atoms with van der Waals surface area (Å²) in [5, 5.41) is 17.4. The fourth-order valence-electron chi connectivity index (χ4n) is 2.48. The van der Waals surface area contributed by atoms with Gasteiger partial charge >= 0.3 is 5.97 Å². The molecule has 0 fully saturated rings. The van der Waals surface area contributed by atoms with Crippen molar-refractivity contribution >= 4 is 17.9 Å². The van der Waals surface area contributed by atoms with E-state index in [1.165, 1.54) is 0 Å². The number of carbonyl (C=O) groups is 1. The van der Waals surface area contributed by atoms with Crippen molar-refractivity contribution in [1.82, 2.24) is 0 Å². The van der Waals surface area contributed by atoms with E-state index in [1.807, 2.05) is 66.7 Å². The van der Waals surface area contributed by atoms with E-state index < -0.39 is 12.6 Å². The summed E-state index contributed by atoms with van der Waals surface area (Å²) >= 11 is 0. The standard InChI is InChI=1S/C22H18N2O3/c25-21(26)16-27-20-14-8-7-13-19(20)15-23-24-22(17-9-3-1-4-10-17)18-11-5-2-6-12-18/h1-15H,16H2,(H,25,26). The number of benzene rings is 3. The quantitative estimate of drug-likeness (QED) is 0.512. The van der Waals surface area contributed by atoms with Crippen LogP contribution in [0.4, 0.5) is 0 Å². The first-order valence-electron chi connectivity index (χ1n) is 8.39. The molecule has 3 aromatic carbocycles. The Bertz CT molecular complexity index is 910. The van der Waals surface area contributed by atoms with Crippen LogP contribution in [-0.4, -0.2) is 29.6 Å². The van der Waals surface area contributed by atoms with Crippen molar-refractivity contribution in [3.8, 4) is 5.75 Å². The molecule has 1 N–H and O–H groups in total. The lowest BCUT2D eigenvalue weighted by molar-refractivity contribution is -0.139. The number of para-hydroxylation sites is 1.